The molecule has 0 saturated heterocycles. The van der Waals surface area contributed by atoms with E-state index in [2.05, 4.69) is 35.1 Å². The van der Waals surface area contributed by atoms with Crippen LogP contribution in [0.5, 0.6) is 0 Å². The molecule has 2 rings (SSSR count). The van der Waals surface area contributed by atoms with Gasteiger partial charge in [-0.2, -0.15) is 0 Å². The van der Waals surface area contributed by atoms with Gasteiger partial charge in [0, 0.05) is 16.1 Å². The van der Waals surface area contributed by atoms with E-state index in [1.807, 2.05) is 0 Å². The molecule has 0 heterocycles. The minimum atomic E-state index is -3.84. The molecule has 1 saturated carbocycles. The van der Waals surface area contributed by atoms with Crippen molar-refractivity contribution in [2.24, 2.45) is 10.6 Å². The number of carbonyl (C=O) groups is 1. The molecule has 20 heavy (non-hydrogen) atoms. The minimum Gasteiger partial charge on any atom is -0.349 e. The van der Waals surface area contributed by atoms with Gasteiger partial charge in [0.2, 0.25) is 10.0 Å². The summed E-state index contributed by atoms with van der Waals surface area (Å²) in [6.45, 7) is 5.90. The lowest BCUT2D eigenvalue weighted by Crippen LogP contribution is -2.29. The first kappa shape index (κ1) is 15.5. The number of halogens is 1. The largest absolute Gasteiger partial charge is 0.349 e. The van der Waals surface area contributed by atoms with Gasteiger partial charge in [0.1, 0.15) is 0 Å². The molecule has 0 aliphatic heterocycles. The molecule has 1 amide bonds. The highest BCUT2D eigenvalue weighted by Gasteiger charge is 2.46. The molecule has 0 aromatic heterocycles. The van der Waals surface area contributed by atoms with Crippen LogP contribution in [-0.4, -0.2) is 20.4 Å². The molecule has 1 aliphatic carbocycles. The predicted molar refractivity (Wildman–Crippen MR) is 79.9 cm³/mol. The van der Waals surface area contributed by atoms with E-state index in [0.29, 0.717) is 15.6 Å². The van der Waals surface area contributed by atoms with Crippen molar-refractivity contribution >= 4 is 31.9 Å². The van der Waals surface area contributed by atoms with Gasteiger partial charge in [-0.3, -0.25) is 4.79 Å². The molecule has 7 heteroatoms. The van der Waals surface area contributed by atoms with Gasteiger partial charge in [-0.25, -0.2) is 13.6 Å². The van der Waals surface area contributed by atoms with Crippen LogP contribution in [0.25, 0.3) is 0 Å². The summed E-state index contributed by atoms with van der Waals surface area (Å²) < 4.78 is 23.4. The molecular weight excluding hydrogens is 344 g/mol. The van der Waals surface area contributed by atoms with Gasteiger partial charge in [-0.15, -0.1) is 0 Å². The highest BCUT2D eigenvalue weighted by atomic mass is 79.9. The van der Waals surface area contributed by atoms with E-state index in [1.54, 1.807) is 6.92 Å². The summed E-state index contributed by atoms with van der Waals surface area (Å²) in [6.07, 6.45) is 0.924. The van der Waals surface area contributed by atoms with Crippen LogP contribution < -0.4 is 10.5 Å². The predicted octanol–water partition coefficient (Wildman–Crippen LogP) is 1.93. The van der Waals surface area contributed by atoms with Crippen LogP contribution in [0.15, 0.2) is 21.5 Å². The average Bonchev–Trinajstić information content (AvgIpc) is 2.87. The first-order valence-corrected chi connectivity index (χ1v) is 8.50. The van der Waals surface area contributed by atoms with Gasteiger partial charge >= 0.3 is 0 Å². The molecule has 1 aromatic rings. The van der Waals surface area contributed by atoms with Gasteiger partial charge in [0.15, 0.2) is 0 Å². The molecule has 1 atom stereocenters. The van der Waals surface area contributed by atoms with Crippen LogP contribution >= 0.6 is 15.9 Å². The molecule has 1 fully saturated rings. The Morgan fingerprint density at radius 2 is 2.00 bits per heavy atom. The topological polar surface area (TPSA) is 89.3 Å². The van der Waals surface area contributed by atoms with Crippen molar-refractivity contribution in [1.82, 2.24) is 5.32 Å². The van der Waals surface area contributed by atoms with E-state index in [1.165, 1.54) is 12.1 Å². The van der Waals surface area contributed by atoms with Crippen molar-refractivity contribution in [2.75, 3.05) is 0 Å². The number of hydrogen-bond acceptors (Lipinski definition) is 3. The normalized spacial score (nSPS) is 20.6. The molecule has 0 bridgehead atoms. The third-order valence-corrected chi connectivity index (χ3v) is 5.43. The fraction of sp³-hybridized carbons (Fsp3) is 0.462. The number of nitrogens with two attached hydrogens (primary N) is 1. The van der Waals surface area contributed by atoms with Crippen LogP contribution in [0, 0.1) is 12.3 Å². The van der Waals surface area contributed by atoms with Gasteiger partial charge in [0.25, 0.3) is 5.91 Å². The summed E-state index contributed by atoms with van der Waals surface area (Å²) in [5.41, 5.74) is 1.12. The van der Waals surface area contributed by atoms with E-state index in [4.69, 9.17) is 5.14 Å². The van der Waals surface area contributed by atoms with Crippen LogP contribution in [0.3, 0.4) is 0 Å². The maximum absolute atomic E-state index is 12.3. The van der Waals surface area contributed by atoms with Gasteiger partial charge in [0.05, 0.1) is 4.90 Å². The number of nitrogens with one attached hydrogen (secondary N) is 1. The van der Waals surface area contributed by atoms with Crippen molar-refractivity contribution in [1.29, 1.82) is 0 Å². The van der Waals surface area contributed by atoms with Crippen molar-refractivity contribution in [2.45, 2.75) is 38.1 Å². The Morgan fingerprint density at radius 1 is 1.45 bits per heavy atom. The Labute approximate surface area is 127 Å². The van der Waals surface area contributed by atoms with Crippen LogP contribution in [0.4, 0.5) is 0 Å². The van der Waals surface area contributed by atoms with E-state index >= 15 is 0 Å². The molecule has 5 nitrogen and oxygen atoms in total. The van der Waals surface area contributed by atoms with Crippen LogP contribution in [0.2, 0.25) is 0 Å². The highest BCUT2D eigenvalue weighted by molar-refractivity contribution is 9.10. The maximum atomic E-state index is 12.3. The van der Waals surface area contributed by atoms with Gasteiger partial charge in [-0.1, -0.05) is 29.8 Å². The summed E-state index contributed by atoms with van der Waals surface area (Å²) in [5, 5.41) is 8.03. The Bertz CT molecular complexity index is 683. The first-order valence-electron chi connectivity index (χ1n) is 6.16. The van der Waals surface area contributed by atoms with Gasteiger partial charge in [-0.05, 0) is 36.5 Å². The van der Waals surface area contributed by atoms with Gasteiger partial charge < -0.3 is 5.32 Å². The van der Waals surface area contributed by atoms with E-state index < -0.39 is 10.0 Å². The second kappa shape index (κ2) is 4.82. The van der Waals surface area contributed by atoms with E-state index in [-0.39, 0.29) is 22.3 Å². The monoisotopic (exact) mass is 360 g/mol. The number of sulfonamides is 1. The Hall–Kier alpha value is -0.920. The van der Waals surface area contributed by atoms with E-state index in [0.717, 1.165) is 6.42 Å². The average molecular weight is 361 g/mol. The molecule has 1 aliphatic rings. The maximum Gasteiger partial charge on any atom is 0.251 e. The summed E-state index contributed by atoms with van der Waals surface area (Å²) in [7, 11) is -3.84. The highest BCUT2D eigenvalue weighted by Crippen LogP contribution is 2.44. The fourth-order valence-electron chi connectivity index (χ4n) is 2.00. The Morgan fingerprint density at radius 3 is 2.45 bits per heavy atom. The Kier molecular flexibility index (Phi) is 3.73. The quantitative estimate of drug-likeness (QED) is 0.862. The SMILES string of the molecule is Cc1c(Br)cc(S(N)(=O)=O)cc1C(=O)NC1CC1(C)C. The standard InChI is InChI=1S/C13H17BrN2O3S/c1-7-9(12(17)16-11-6-13(11,2)3)4-8(5-10(7)14)20(15,18)19/h4-5,11H,6H2,1-3H3,(H,16,17)(H2,15,18,19). The zero-order valence-electron chi connectivity index (χ0n) is 11.5. The van der Waals surface area contributed by atoms with Crippen molar-refractivity contribution in [3.8, 4) is 0 Å². The number of hydrogen-bond donors (Lipinski definition) is 2. The Balaban J connectivity index is 2.36. The number of primary sulfonamides is 1. The number of carbonyl (C=O) groups excluding carboxylic acids is 1. The number of rotatable bonds is 3. The van der Waals surface area contributed by atoms with Crippen molar-refractivity contribution in [3.63, 3.8) is 0 Å². The fourth-order valence-corrected chi connectivity index (χ4v) is 3.18. The lowest BCUT2D eigenvalue weighted by Gasteiger charge is -2.12. The first-order chi connectivity index (χ1) is 9.02. The number of benzene rings is 1. The second-order valence-corrected chi connectivity index (χ2v) is 8.26. The van der Waals surface area contributed by atoms with Crippen LogP contribution in [-0.2, 0) is 10.0 Å². The van der Waals surface area contributed by atoms with Crippen molar-refractivity contribution in [3.05, 3.63) is 27.7 Å². The van der Waals surface area contributed by atoms with Crippen LogP contribution in [0.1, 0.15) is 36.2 Å². The molecule has 110 valence electrons. The summed E-state index contributed by atoms with van der Waals surface area (Å²) in [5.74, 6) is -0.274. The van der Waals surface area contributed by atoms with Crippen molar-refractivity contribution < 1.29 is 13.2 Å². The molecule has 1 unspecified atom stereocenters. The third kappa shape index (κ3) is 3.05. The summed E-state index contributed by atoms with van der Waals surface area (Å²) in [4.78, 5) is 12.2. The van der Waals surface area contributed by atoms with E-state index in [9.17, 15) is 13.2 Å². The third-order valence-electron chi connectivity index (χ3n) is 3.71. The molecule has 1 aromatic carbocycles. The lowest BCUT2D eigenvalue weighted by atomic mass is 10.1. The number of amides is 1. The molecule has 0 spiro atoms. The second-order valence-electron chi connectivity index (χ2n) is 5.84. The molecule has 0 radical (unpaired) electrons. The smallest absolute Gasteiger partial charge is 0.251 e. The summed E-state index contributed by atoms with van der Waals surface area (Å²) >= 11 is 3.26. The lowest BCUT2D eigenvalue weighted by molar-refractivity contribution is 0.0945. The molecule has 3 N–H and O–H groups in total. The zero-order valence-corrected chi connectivity index (χ0v) is 13.9. The molecular formula is C13H17BrN2O3S. The summed E-state index contributed by atoms with van der Waals surface area (Å²) in [6, 6.07) is 2.86. The zero-order chi connectivity index (χ0) is 15.3. The minimum absolute atomic E-state index is 0.0739.